The van der Waals surface area contributed by atoms with E-state index in [4.69, 9.17) is 4.74 Å². The van der Waals surface area contributed by atoms with E-state index in [2.05, 4.69) is 65.4 Å². The minimum atomic E-state index is -0.488. The first-order chi connectivity index (χ1) is 21.1. The van der Waals surface area contributed by atoms with Crippen LogP contribution in [0.3, 0.4) is 0 Å². The second kappa shape index (κ2) is 13.8. The van der Waals surface area contributed by atoms with Crippen LogP contribution in [0.4, 0.5) is 9.18 Å². The van der Waals surface area contributed by atoms with E-state index < -0.39 is 5.60 Å². The van der Waals surface area contributed by atoms with Gasteiger partial charge in [-0.1, -0.05) is 54.3 Å². The van der Waals surface area contributed by atoms with Crippen molar-refractivity contribution in [2.75, 3.05) is 26.2 Å². The van der Waals surface area contributed by atoms with Gasteiger partial charge in [-0.2, -0.15) is 0 Å². The average Bonchev–Trinajstić information content (AvgIpc) is 3.01. The van der Waals surface area contributed by atoms with Gasteiger partial charge in [0.25, 0.3) is 0 Å². The smallest absolute Gasteiger partial charge is 0.410 e. The lowest BCUT2D eigenvalue weighted by atomic mass is 9.91. The fourth-order valence-electron chi connectivity index (χ4n) is 6.23. The number of ether oxygens (including phenoxy) is 1. The van der Waals surface area contributed by atoms with E-state index in [-0.39, 0.29) is 35.7 Å². The number of likely N-dealkylation sites (tertiary alicyclic amines) is 2. The van der Waals surface area contributed by atoms with E-state index in [0.717, 1.165) is 55.3 Å². The molecule has 2 fully saturated rings. The summed E-state index contributed by atoms with van der Waals surface area (Å²) in [6.45, 7) is 11.3. The van der Waals surface area contributed by atoms with Gasteiger partial charge >= 0.3 is 6.09 Å². The molecule has 44 heavy (non-hydrogen) atoms. The molecule has 2 saturated heterocycles. The van der Waals surface area contributed by atoms with Crippen LogP contribution in [0.5, 0.6) is 0 Å². The second-order valence-electron chi connectivity index (χ2n) is 13.1. The van der Waals surface area contributed by atoms with E-state index >= 15 is 0 Å². The number of hydrogen-bond acceptors (Lipinski definition) is 4. The molecule has 2 aliphatic rings. The molecule has 0 bridgehead atoms. The highest BCUT2D eigenvalue weighted by atomic mass is 19.1. The largest absolute Gasteiger partial charge is 0.444 e. The van der Waals surface area contributed by atoms with Gasteiger partial charge in [-0.3, -0.25) is 9.69 Å². The predicted octanol–water partition coefficient (Wildman–Crippen LogP) is 7.07. The number of hydrogen-bond donors (Lipinski definition) is 1. The van der Waals surface area contributed by atoms with Crippen molar-refractivity contribution in [3.8, 4) is 11.8 Å². The normalized spacial score (nSPS) is 17.5. The van der Waals surface area contributed by atoms with Crippen LogP contribution in [0.1, 0.15) is 76.1 Å². The van der Waals surface area contributed by atoms with Crippen LogP contribution in [-0.4, -0.2) is 53.6 Å². The van der Waals surface area contributed by atoms with Gasteiger partial charge in [0.2, 0.25) is 5.91 Å². The van der Waals surface area contributed by atoms with Gasteiger partial charge < -0.3 is 15.0 Å². The number of fused-ring (bicyclic) bond motifs is 1. The van der Waals surface area contributed by atoms with Crippen molar-refractivity contribution in [1.29, 1.82) is 0 Å². The van der Waals surface area contributed by atoms with E-state index in [1.807, 2.05) is 26.8 Å². The molecular formula is C37H44FN3O3. The first-order valence-corrected chi connectivity index (χ1v) is 15.8. The Morgan fingerprint density at radius 3 is 2.34 bits per heavy atom. The molecule has 2 amide bonds. The number of amides is 2. The summed E-state index contributed by atoms with van der Waals surface area (Å²) >= 11 is 0. The molecular weight excluding hydrogens is 553 g/mol. The molecule has 2 aliphatic heterocycles. The number of halogens is 1. The third-order valence-electron chi connectivity index (χ3n) is 8.77. The van der Waals surface area contributed by atoms with Crippen LogP contribution in [-0.2, 0) is 16.1 Å². The summed E-state index contributed by atoms with van der Waals surface area (Å²) in [6.07, 6.45) is 3.05. The van der Waals surface area contributed by atoms with Gasteiger partial charge in [-0.05, 0) is 107 Å². The Labute approximate surface area is 260 Å². The standard InChI is InChI=1S/C37H44FN3O3/c1-26(40-22-18-30(19-23-40)35(42)39-25-28-8-7-9-31(38)24-28)32-15-14-29(33-10-5-6-11-34(32)33)13-12-27-16-20-41(21-17-27)36(43)44-37(2,3)4/h5-11,14-15,24,26-27,30H,16-23,25H2,1-4H3,(H,39,42)/t26-/m1/s1. The molecule has 0 spiro atoms. The van der Waals surface area contributed by atoms with E-state index in [1.165, 1.54) is 23.1 Å². The molecule has 232 valence electrons. The van der Waals surface area contributed by atoms with Crippen molar-refractivity contribution < 1.29 is 18.7 Å². The molecule has 3 aromatic rings. The average molecular weight is 598 g/mol. The number of carbonyl (C=O) groups excluding carboxylic acids is 2. The van der Waals surface area contributed by atoms with Gasteiger partial charge in [0.15, 0.2) is 0 Å². The number of nitrogens with zero attached hydrogens (tertiary/aromatic N) is 2. The first-order valence-electron chi connectivity index (χ1n) is 15.8. The first kappa shape index (κ1) is 31.5. The highest BCUT2D eigenvalue weighted by molar-refractivity contribution is 5.91. The maximum absolute atomic E-state index is 13.5. The SMILES string of the molecule is C[C@H](c1ccc(C#CC2CCN(C(=O)OC(C)(C)C)CC2)c2ccccc12)N1CCC(C(=O)NCc2cccc(F)c2)CC1. The van der Waals surface area contributed by atoms with Crippen LogP contribution < -0.4 is 5.32 Å². The molecule has 1 atom stereocenters. The zero-order valence-electron chi connectivity index (χ0n) is 26.4. The van der Waals surface area contributed by atoms with E-state index in [0.29, 0.717) is 19.6 Å². The van der Waals surface area contributed by atoms with Gasteiger partial charge in [0, 0.05) is 43.1 Å². The van der Waals surface area contributed by atoms with Crippen LogP contribution in [0.2, 0.25) is 0 Å². The number of carbonyl (C=O) groups is 2. The monoisotopic (exact) mass is 597 g/mol. The number of rotatable bonds is 5. The van der Waals surface area contributed by atoms with Crippen molar-refractivity contribution in [2.45, 2.75) is 71.6 Å². The minimum Gasteiger partial charge on any atom is -0.444 e. The van der Waals surface area contributed by atoms with Crippen LogP contribution in [0, 0.1) is 29.5 Å². The van der Waals surface area contributed by atoms with E-state index in [1.54, 1.807) is 11.0 Å². The molecule has 2 heterocycles. The van der Waals surface area contributed by atoms with Gasteiger partial charge in [-0.15, -0.1) is 0 Å². The van der Waals surface area contributed by atoms with Crippen molar-refractivity contribution in [1.82, 2.24) is 15.1 Å². The minimum absolute atomic E-state index is 0.0302. The highest BCUT2D eigenvalue weighted by Gasteiger charge is 2.29. The molecule has 6 nitrogen and oxygen atoms in total. The predicted molar refractivity (Wildman–Crippen MR) is 172 cm³/mol. The molecule has 5 rings (SSSR count). The summed E-state index contributed by atoms with van der Waals surface area (Å²) in [5, 5.41) is 5.36. The Hall–Kier alpha value is -3.89. The molecule has 7 heteroatoms. The van der Waals surface area contributed by atoms with E-state index in [9.17, 15) is 14.0 Å². The van der Waals surface area contributed by atoms with Crippen molar-refractivity contribution in [3.63, 3.8) is 0 Å². The molecule has 0 radical (unpaired) electrons. The molecule has 0 aromatic heterocycles. The number of nitrogens with one attached hydrogen (secondary N) is 1. The lowest BCUT2D eigenvalue weighted by molar-refractivity contribution is -0.126. The summed E-state index contributed by atoms with van der Waals surface area (Å²) < 4.78 is 19.0. The summed E-state index contributed by atoms with van der Waals surface area (Å²) in [7, 11) is 0. The summed E-state index contributed by atoms with van der Waals surface area (Å²) in [5.74, 6) is 6.94. The highest BCUT2D eigenvalue weighted by Crippen LogP contribution is 2.33. The number of benzene rings is 3. The summed E-state index contributed by atoms with van der Waals surface area (Å²) in [5.41, 5.74) is 2.58. The maximum Gasteiger partial charge on any atom is 0.410 e. The van der Waals surface area contributed by atoms with Gasteiger partial charge in [-0.25, -0.2) is 9.18 Å². The fraction of sp³-hybridized carbons (Fsp3) is 0.459. The Balaban J connectivity index is 1.19. The fourth-order valence-corrected chi connectivity index (χ4v) is 6.23. The third-order valence-corrected chi connectivity index (χ3v) is 8.77. The van der Waals surface area contributed by atoms with Crippen LogP contribution in [0.25, 0.3) is 10.8 Å². The Morgan fingerprint density at radius 2 is 1.66 bits per heavy atom. The summed E-state index contributed by atoms with van der Waals surface area (Å²) in [4.78, 5) is 29.5. The molecule has 0 saturated carbocycles. The molecule has 0 aliphatic carbocycles. The maximum atomic E-state index is 13.5. The third kappa shape index (κ3) is 7.98. The summed E-state index contributed by atoms with van der Waals surface area (Å²) in [6, 6.07) is 19.4. The zero-order chi connectivity index (χ0) is 31.3. The van der Waals surface area contributed by atoms with Crippen molar-refractivity contribution >= 4 is 22.8 Å². The van der Waals surface area contributed by atoms with Crippen LogP contribution in [0.15, 0.2) is 60.7 Å². The Morgan fingerprint density at radius 1 is 0.955 bits per heavy atom. The lowest BCUT2D eigenvalue weighted by Crippen LogP contribution is -2.41. The van der Waals surface area contributed by atoms with Crippen molar-refractivity contribution in [3.05, 3.63) is 83.2 Å². The van der Waals surface area contributed by atoms with Gasteiger partial charge in [0.05, 0.1) is 0 Å². The van der Waals surface area contributed by atoms with Gasteiger partial charge in [0.1, 0.15) is 11.4 Å². The molecule has 1 N–H and O–H groups in total. The topological polar surface area (TPSA) is 61.9 Å². The quantitative estimate of drug-likeness (QED) is 0.320. The lowest BCUT2D eigenvalue weighted by Gasteiger charge is -2.36. The van der Waals surface area contributed by atoms with Crippen molar-refractivity contribution in [2.24, 2.45) is 11.8 Å². The zero-order valence-corrected chi connectivity index (χ0v) is 26.4. The molecule has 3 aromatic carbocycles. The van der Waals surface area contributed by atoms with Crippen LogP contribution >= 0.6 is 0 Å². The Kier molecular flexibility index (Phi) is 9.90. The Bertz CT molecular complexity index is 1540. The molecule has 0 unspecified atom stereocenters. The second-order valence-corrected chi connectivity index (χ2v) is 13.1. The number of piperidine rings is 2.